The third kappa shape index (κ3) is 3.08. The molecule has 5 heteroatoms. The maximum atomic E-state index is 12.0. The Labute approximate surface area is 142 Å². The summed E-state index contributed by atoms with van der Waals surface area (Å²) in [5, 5.41) is 9.50. The summed E-state index contributed by atoms with van der Waals surface area (Å²) >= 11 is 0. The number of amides is 1. The Kier molecular flexibility index (Phi) is 4.71. The molecule has 1 amide bonds. The standard InChI is InChI=1S/C19H24N2O3/c1-20-17(22)14-16(18(23)24)19(20)9-12-21(13-10-19)11-5-8-15-6-3-2-4-7-15/h2-8,16H,9-14H2,1H3,(H,23,24)/b8-5+. The average molecular weight is 328 g/mol. The molecule has 3 rings (SSSR count). The maximum absolute atomic E-state index is 12.0. The molecular formula is C19H24N2O3. The van der Waals surface area contributed by atoms with E-state index in [1.807, 2.05) is 18.2 Å². The predicted octanol–water partition coefficient (Wildman–Crippen LogP) is 2.10. The van der Waals surface area contributed by atoms with Crippen molar-refractivity contribution in [2.24, 2.45) is 5.92 Å². The lowest BCUT2D eigenvalue weighted by Crippen LogP contribution is -2.56. The molecule has 2 aliphatic heterocycles. The minimum absolute atomic E-state index is 0.0418. The first-order chi connectivity index (χ1) is 11.5. The molecule has 1 atom stereocenters. The fourth-order valence-corrected chi connectivity index (χ4v) is 4.01. The third-order valence-electron chi connectivity index (χ3n) is 5.56. The molecule has 0 radical (unpaired) electrons. The van der Waals surface area contributed by atoms with Crippen molar-refractivity contribution in [3.05, 3.63) is 42.0 Å². The quantitative estimate of drug-likeness (QED) is 0.919. The van der Waals surface area contributed by atoms with Crippen molar-refractivity contribution < 1.29 is 14.7 Å². The molecule has 2 heterocycles. The molecule has 1 spiro atoms. The van der Waals surface area contributed by atoms with Crippen molar-refractivity contribution in [1.29, 1.82) is 0 Å². The molecule has 24 heavy (non-hydrogen) atoms. The summed E-state index contributed by atoms with van der Waals surface area (Å²) in [6.45, 7) is 2.49. The molecule has 128 valence electrons. The molecule has 0 bridgehead atoms. The summed E-state index contributed by atoms with van der Waals surface area (Å²) in [6, 6.07) is 10.2. The molecular weight excluding hydrogens is 304 g/mol. The molecule has 2 aliphatic rings. The first kappa shape index (κ1) is 16.7. The molecule has 0 saturated carbocycles. The van der Waals surface area contributed by atoms with E-state index in [2.05, 4.69) is 29.2 Å². The first-order valence-electron chi connectivity index (χ1n) is 8.46. The Morgan fingerprint density at radius 2 is 1.96 bits per heavy atom. The molecule has 0 aromatic heterocycles. The van der Waals surface area contributed by atoms with Crippen molar-refractivity contribution >= 4 is 18.0 Å². The van der Waals surface area contributed by atoms with Crippen LogP contribution in [-0.2, 0) is 9.59 Å². The number of hydrogen-bond acceptors (Lipinski definition) is 3. The summed E-state index contributed by atoms with van der Waals surface area (Å²) in [4.78, 5) is 27.6. The molecule has 5 nitrogen and oxygen atoms in total. The van der Waals surface area contributed by atoms with Crippen molar-refractivity contribution in [2.45, 2.75) is 24.8 Å². The average Bonchev–Trinajstić information content (AvgIpc) is 2.83. The lowest BCUT2D eigenvalue weighted by Gasteiger charge is -2.45. The Bertz CT molecular complexity index is 633. The van der Waals surface area contributed by atoms with E-state index >= 15 is 0 Å². The van der Waals surface area contributed by atoms with Gasteiger partial charge in [0.05, 0.1) is 11.5 Å². The fourth-order valence-electron chi connectivity index (χ4n) is 4.01. The number of carboxylic acids is 1. The van der Waals surface area contributed by atoms with E-state index in [9.17, 15) is 14.7 Å². The van der Waals surface area contributed by atoms with E-state index in [4.69, 9.17) is 0 Å². The van der Waals surface area contributed by atoms with E-state index in [0.29, 0.717) is 0 Å². The van der Waals surface area contributed by atoms with E-state index in [0.717, 1.165) is 32.5 Å². The number of likely N-dealkylation sites (tertiary alicyclic amines) is 2. The summed E-state index contributed by atoms with van der Waals surface area (Å²) < 4.78 is 0. The monoisotopic (exact) mass is 328 g/mol. The highest BCUT2D eigenvalue weighted by Crippen LogP contribution is 2.42. The van der Waals surface area contributed by atoms with E-state index in [-0.39, 0.29) is 12.3 Å². The zero-order chi connectivity index (χ0) is 17.2. The fraction of sp³-hybridized carbons (Fsp3) is 0.474. The zero-order valence-corrected chi connectivity index (χ0v) is 14.0. The first-order valence-corrected chi connectivity index (χ1v) is 8.46. The van der Waals surface area contributed by atoms with Crippen LogP contribution in [0.5, 0.6) is 0 Å². The van der Waals surface area contributed by atoms with Gasteiger partial charge in [-0.25, -0.2) is 0 Å². The van der Waals surface area contributed by atoms with Gasteiger partial charge in [-0.2, -0.15) is 0 Å². The maximum Gasteiger partial charge on any atom is 0.309 e. The van der Waals surface area contributed by atoms with Gasteiger partial charge in [-0.15, -0.1) is 0 Å². The Morgan fingerprint density at radius 1 is 1.29 bits per heavy atom. The van der Waals surface area contributed by atoms with Gasteiger partial charge in [-0.05, 0) is 18.4 Å². The second-order valence-electron chi connectivity index (χ2n) is 6.76. The largest absolute Gasteiger partial charge is 0.481 e. The van der Waals surface area contributed by atoms with Crippen LogP contribution in [0.4, 0.5) is 0 Å². The normalized spacial score (nSPS) is 24.1. The molecule has 1 aromatic rings. The van der Waals surface area contributed by atoms with Crippen molar-refractivity contribution in [3.8, 4) is 0 Å². The number of carbonyl (C=O) groups is 2. The van der Waals surface area contributed by atoms with Gasteiger partial charge in [-0.1, -0.05) is 42.5 Å². The highest BCUT2D eigenvalue weighted by Gasteiger charge is 2.55. The van der Waals surface area contributed by atoms with Crippen LogP contribution in [0.25, 0.3) is 6.08 Å². The summed E-state index contributed by atoms with van der Waals surface area (Å²) in [5.74, 6) is -1.46. The van der Waals surface area contributed by atoms with Crippen LogP contribution in [-0.4, -0.2) is 59.0 Å². The Morgan fingerprint density at radius 3 is 2.58 bits per heavy atom. The Hall–Kier alpha value is -2.14. The van der Waals surface area contributed by atoms with Crippen molar-refractivity contribution in [3.63, 3.8) is 0 Å². The molecule has 1 N–H and O–H groups in total. The second-order valence-corrected chi connectivity index (χ2v) is 6.76. The van der Waals surface area contributed by atoms with Gasteiger partial charge in [0.15, 0.2) is 0 Å². The number of rotatable bonds is 4. The van der Waals surface area contributed by atoms with Crippen molar-refractivity contribution in [1.82, 2.24) is 9.80 Å². The van der Waals surface area contributed by atoms with E-state index < -0.39 is 17.4 Å². The molecule has 0 aliphatic carbocycles. The van der Waals surface area contributed by atoms with Crippen LogP contribution >= 0.6 is 0 Å². The predicted molar refractivity (Wildman–Crippen MR) is 92.4 cm³/mol. The lowest BCUT2D eigenvalue weighted by atomic mass is 9.77. The lowest BCUT2D eigenvalue weighted by molar-refractivity contribution is -0.146. The minimum Gasteiger partial charge on any atom is -0.481 e. The van der Waals surface area contributed by atoms with Gasteiger partial charge in [0.1, 0.15) is 0 Å². The number of hydrogen-bond donors (Lipinski definition) is 1. The second kappa shape index (κ2) is 6.77. The highest BCUT2D eigenvalue weighted by atomic mass is 16.4. The number of carbonyl (C=O) groups excluding carboxylic acids is 1. The van der Waals surface area contributed by atoms with Gasteiger partial charge < -0.3 is 10.0 Å². The van der Waals surface area contributed by atoms with Gasteiger partial charge >= 0.3 is 5.97 Å². The van der Waals surface area contributed by atoms with Gasteiger partial charge in [0.2, 0.25) is 5.91 Å². The van der Waals surface area contributed by atoms with Crippen LogP contribution in [0, 0.1) is 5.92 Å². The van der Waals surface area contributed by atoms with Crippen LogP contribution < -0.4 is 0 Å². The third-order valence-corrected chi connectivity index (χ3v) is 5.56. The number of nitrogens with zero attached hydrogens (tertiary/aromatic N) is 2. The SMILES string of the molecule is CN1C(=O)CC(C(=O)O)C12CCN(C/C=C/c1ccccc1)CC2. The molecule has 1 unspecified atom stereocenters. The minimum atomic E-state index is -0.842. The molecule has 1 aromatic carbocycles. The Balaban J connectivity index is 1.60. The summed E-state index contributed by atoms with van der Waals surface area (Å²) in [5.41, 5.74) is 0.681. The van der Waals surface area contributed by atoms with Gasteiger partial charge in [0, 0.05) is 33.1 Å². The number of benzene rings is 1. The number of carboxylic acid groups (broad SMARTS) is 1. The van der Waals surface area contributed by atoms with Gasteiger partial charge in [0.25, 0.3) is 0 Å². The van der Waals surface area contributed by atoms with Crippen molar-refractivity contribution in [2.75, 3.05) is 26.7 Å². The highest BCUT2D eigenvalue weighted by molar-refractivity contribution is 5.88. The van der Waals surface area contributed by atoms with Crippen LogP contribution in [0.3, 0.4) is 0 Å². The van der Waals surface area contributed by atoms with E-state index in [1.165, 1.54) is 5.56 Å². The number of aliphatic carboxylic acids is 1. The zero-order valence-electron chi connectivity index (χ0n) is 14.0. The van der Waals surface area contributed by atoms with Crippen LogP contribution in [0.2, 0.25) is 0 Å². The smallest absolute Gasteiger partial charge is 0.309 e. The topological polar surface area (TPSA) is 60.9 Å². The summed E-state index contributed by atoms with van der Waals surface area (Å²) in [7, 11) is 1.76. The van der Waals surface area contributed by atoms with Crippen LogP contribution in [0.15, 0.2) is 36.4 Å². The molecule has 2 fully saturated rings. The number of piperidine rings is 1. The van der Waals surface area contributed by atoms with Gasteiger partial charge in [-0.3, -0.25) is 14.5 Å². The summed E-state index contributed by atoms with van der Waals surface area (Å²) in [6.07, 6.45) is 5.84. The van der Waals surface area contributed by atoms with E-state index in [1.54, 1.807) is 11.9 Å². The molecule has 2 saturated heterocycles. The van der Waals surface area contributed by atoms with Crippen LogP contribution in [0.1, 0.15) is 24.8 Å².